The largest absolute Gasteiger partial charge is 0.504 e. The number of esters is 2. The van der Waals surface area contributed by atoms with Crippen molar-refractivity contribution in [1.82, 2.24) is 25.4 Å². The molecule has 2 amide bonds. The number of carbonyl (C=O) groups is 4. The second-order valence-corrected chi connectivity index (χ2v) is 22.1. The number of rotatable bonds is 19. The maximum absolute atomic E-state index is 14.9. The average molecular weight is 1130 g/mol. The van der Waals surface area contributed by atoms with Gasteiger partial charge >= 0.3 is 11.9 Å². The van der Waals surface area contributed by atoms with Crippen LogP contribution in [-0.4, -0.2) is 88.3 Å². The molecule has 2 aliphatic rings. The standard InChI is InChI=1S/C60H51N7O10S3/c1-36(55(72)76-59(2,3)4)77-66-47(44-35-79-57(61-44)63-60(41-24-14-7-15-25-41,42-26-16-8-17-27-42)43-28-18-9-19-29-43)51(70)62-48-53(71)67-49(56(73)74-50(37-20-10-5-11-21-37)38-22-12-6-13-23-38)40(33-78-54(48)67)34-80-58-65-64-52(75-58)39-30-31-45(68)46(69)32-39/h5-32,35,48,50,54,68-69H,1,33-34H2,2-4H3,(H,61,63)(H,62,70)/b66-47-/t48-,54-/m1/s1. The molecule has 1 fully saturated rings. The highest BCUT2D eigenvalue weighted by atomic mass is 32.2. The van der Waals surface area contributed by atoms with Gasteiger partial charge in [0.25, 0.3) is 17.0 Å². The van der Waals surface area contributed by atoms with E-state index in [1.807, 2.05) is 152 Å². The van der Waals surface area contributed by atoms with Crippen molar-refractivity contribution in [3.63, 3.8) is 0 Å². The lowest BCUT2D eigenvalue weighted by atomic mass is 9.77. The number of phenolic OH excluding ortho intramolecular Hbond substituents is 2. The normalized spacial score (nSPS) is 15.4. The molecule has 6 aromatic carbocycles. The van der Waals surface area contributed by atoms with Crippen molar-refractivity contribution < 1.29 is 48.1 Å². The van der Waals surface area contributed by atoms with Crippen LogP contribution in [0.15, 0.2) is 214 Å². The Balaban J connectivity index is 0.962. The number of amides is 2. The molecule has 4 N–H and O–H groups in total. The number of aromatic hydroxyl groups is 2. The Morgan fingerprint density at radius 1 is 0.812 bits per heavy atom. The summed E-state index contributed by atoms with van der Waals surface area (Å²) >= 11 is 3.62. The molecular formula is C60H51N7O10S3. The fraction of sp³-hybridized carbons (Fsp3) is 0.167. The number of hydrogen-bond acceptors (Lipinski definition) is 18. The molecule has 2 atom stereocenters. The lowest BCUT2D eigenvalue weighted by molar-refractivity contribution is -0.154. The maximum atomic E-state index is 14.9. The Bertz CT molecular complexity index is 3490. The molecule has 0 spiro atoms. The number of fused-ring (bicyclic) bond motifs is 1. The average Bonchev–Trinajstić information content (AvgIpc) is 3.47. The van der Waals surface area contributed by atoms with E-state index in [2.05, 4.69) is 32.6 Å². The number of nitrogens with one attached hydrogen (secondary N) is 2. The van der Waals surface area contributed by atoms with Crippen molar-refractivity contribution >= 4 is 69.5 Å². The van der Waals surface area contributed by atoms with E-state index in [1.54, 1.807) is 26.2 Å². The highest BCUT2D eigenvalue weighted by Crippen LogP contribution is 2.44. The van der Waals surface area contributed by atoms with Crippen molar-refractivity contribution in [2.75, 3.05) is 16.8 Å². The highest BCUT2D eigenvalue weighted by molar-refractivity contribution is 8.01. The summed E-state index contributed by atoms with van der Waals surface area (Å²) in [6.07, 6.45) is -0.864. The number of β-lactam (4-membered cyclic amide) rings is 1. The maximum Gasteiger partial charge on any atom is 0.376 e. The van der Waals surface area contributed by atoms with Crippen LogP contribution in [0.5, 0.6) is 11.5 Å². The van der Waals surface area contributed by atoms with E-state index < -0.39 is 63.9 Å². The first-order chi connectivity index (χ1) is 38.7. The van der Waals surface area contributed by atoms with Gasteiger partial charge in [0.2, 0.25) is 11.6 Å². The fourth-order valence-corrected chi connectivity index (χ4v) is 12.0. The van der Waals surface area contributed by atoms with Crippen molar-refractivity contribution in [1.29, 1.82) is 0 Å². The molecule has 8 aromatic rings. The summed E-state index contributed by atoms with van der Waals surface area (Å²) in [7, 11) is 0. The quantitative estimate of drug-likeness (QED) is 0.00679. The van der Waals surface area contributed by atoms with Crippen LogP contribution in [0, 0.1) is 0 Å². The minimum Gasteiger partial charge on any atom is -0.504 e. The summed E-state index contributed by atoms with van der Waals surface area (Å²) in [6, 6.07) is 51.0. The predicted molar refractivity (Wildman–Crippen MR) is 304 cm³/mol. The molecule has 20 heteroatoms. The molecule has 0 radical (unpaired) electrons. The third-order valence-corrected chi connectivity index (χ3v) is 15.7. The molecule has 2 aliphatic heterocycles. The zero-order valence-corrected chi connectivity index (χ0v) is 45.7. The summed E-state index contributed by atoms with van der Waals surface area (Å²) in [5.74, 6) is -4.01. The molecule has 4 heterocycles. The number of oxime groups is 1. The molecular weight excluding hydrogens is 1070 g/mol. The number of carbonyl (C=O) groups excluding carboxylic acids is 4. The van der Waals surface area contributed by atoms with Gasteiger partial charge in [0.05, 0.1) is 0 Å². The Morgan fingerprint density at radius 3 is 1.95 bits per heavy atom. The lowest BCUT2D eigenvalue weighted by Gasteiger charge is -2.49. The molecule has 2 aromatic heterocycles. The fourth-order valence-electron chi connectivity index (χ4n) is 8.99. The SMILES string of the molecule is C=C(O/N=C(\C(=O)N[C@@H]1C(=O)N2C(C(=O)OC(c3ccccc3)c3ccccc3)=C(CSc3nnc(-c4ccc(O)c(O)c4)o3)CS[C@H]12)c1csc(NC(c2ccccc2)(c2ccccc2)c2ccccc2)n1)C(=O)OC(C)(C)C. The number of benzene rings is 6. The lowest BCUT2D eigenvalue weighted by Crippen LogP contribution is -2.71. The molecule has 10 rings (SSSR count). The van der Waals surface area contributed by atoms with Gasteiger partial charge in [0.15, 0.2) is 28.4 Å². The summed E-state index contributed by atoms with van der Waals surface area (Å²) in [6.45, 7) is 8.74. The highest BCUT2D eigenvalue weighted by Gasteiger charge is 2.55. The van der Waals surface area contributed by atoms with Gasteiger partial charge in [-0.15, -0.1) is 33.3 Å². The Hall–Kier alpha value is -8.98. The second kappa shape index (κ2) is 23.5. The second-order valence-electron chi connectivity index (χ2n) is 19.3. The van der Waals surface area contributed by atoms with Crippen LogP contribution in [0.4, 0.5) is 5.13 Å². The van der Waals surface area contributed by atoms with E-state index in [4.69, 9.17) is 23.7 Å². The molecule has 0 unspecified atom stereocenters. The monoisotopic (exact) mass is 1130 g/mol. The first-order valence-electron chi connectivity index (χ1n) is 25.0. The Kier molecular flexibility index (Phi) is 16.0. The van der Waals surface area contributed by atoms with Crippen molar-refractivity contribution in [2.24, 2.45) is 5.16 Å². The number of hydrogen-bond donors (Lipinski definition) is 4. The Morgan fingerprint density at radius 2 is 1.39 bits per heavy atom. The summed E-state index contributed by atoms with van der Waals surface area (Å²) in [5.41, 5.74) is 2.72. The van der Waals surface area contributed by atoms with E-state index >= 15 is 0 Å². The number of phenols is 2. The van der Waals surface area contributed by atoms with E-state index in [1.165, 1.54) is 46.2 Å². The topological polar surface area (TPSA) is 228 Å². The minimum absolute atomic E-state index is 0.0170. The third-order valence-electron chi connectivity index (χ3n) is 12.7. The number of nitrogens with zero attached hydrogens (tertiary/aromatic N) is 5. The summed E-state index contributed by atoms with van der Waals surface area (Å²) < 4.78 is 17.7. The first-order valence-corrected chi connectivity index (χ1v) is 27.9. The number of ether oxygens (including phenoxy) is 2. The van der Waals surface area contributed by atoms with Crippen molar-refractivity contribution in [3.05, 3.63) is 232 Å². The van der Waals surface area contributed by atoms with Gasteiger partial charge in [0, 0.05) is 22.4 Å². The van der Waals surface area contributed by atoms with Gasteiger partial charge in [-0.3, -0.25) is 14.5 Å². The molecule has 0 saturated carbocycles. The van der Waals surface area contributed by atoms with E-state index in [0.29, 0.717) is 27.4 Å². The number of aromatic nitrogens is 3. The molecule has 404 valence electrons. The van der Waals surface area contributed by atoms with Gasteiger partial charge < -0.3 is 39.6 Å². The van der Waals surface area contributed by atoms with Crippen LogP contribution >= 0.6 is 34.9 Å². The van der Waals surface area contributed by atoms with Gasteiger partial charge in [-0.1, -0.05) is 169 Å². The molecule has 1 saturated heterocycles. The van der Waals surface area contributed by atoms with Crippen LogP contribution in [0.1, 0.15) is 60.4 Å². The van der Waals surface area contributed by atoms with Crippen LogP contribution in [-0.2, 0) is 39.0 Å². The predicted octanol–water partition coefficient (Wildman–Crippen LogP) is 10.4. The van der Waals surface area contributed by atoms with Crippen LogP contribution in [0.3, 0.4) is 0 Å². The van der Waals surface area contributed by atoms with E-state index in [0.717, 1.165) is 28.5 Å². The Labute approximate surface area is 472 Å². The first kappa shape index (κ1) is 54.4. The molecule has 0 bridgehead atoms. The molecule has 80 heavy (non-hydrogen) atoms. The van der Waals surface area contributed by atoms with Crippen molar-refractivity contribution in [2.45, 2.75) is 54.7 Å². The van der Waals surface area contributed by atoms with Crippen molar-refractivity contribution in [3.8, 4) is 23.0 Å². The van der Waals surface area contributed by atoms with E-state index in [9.17, 15) is 29.4 Å². The number of thiazole rings is 1. The summed E-state index contributed by atoms with van der Waals surface area (Å²) in [4.78, 5) is 69.2. The van der Waals surface area contributed by atoms with Crippen LogP contribution in [0.2, 0.25) is 0 Å². The molecule has 0 aliphatic carbocycles. The van der Waals surface area contributed by atoms with Crippen LogP contribution in [0.25, 0.3) is 11.5 Å². The zero-order valence-electron chi connectivity index (χ0n) is 43.2. The smallest absolute Gasteiger partial charge is 0.376 e. The minimum atomic E-state index is -1.19. The van der Waals surface area contributed by atoms with Gasteiger partial charge in [-0.2, -0.15) is 0 Å². The van der Waals surface area contributed by atoms with Gasteiger partial charge in [-0.05, 0) is 78.9 Å². The van der Waals surface area contributed by atoms with Gasteiger partial charge in [0.1, 0.15) is 33.9 Å². The zero-order chi connectivity index (χ0) is 56.0. The van der Waals surface area contributed by atoms with Crippen LogP contribution < -0.4 is 10.6 Å². The van der Waals surface area contributed by atoms with E-state index in [-0.39, 0.29) is 45.5 Å². The number of thioether (sulfide) groups is 2. The molecule has 17 nitrogen and oxygen atoms in total. The number of anilines is 1. The third kappa shape index (κ3) is 11.7. The van der Waals surface area contributed by atoms with Gasteiger partial charge in [-0.25, -0.2) is 14.6 Å². The summed E-state index contributed by atoms with van der Waals surface area (Å²) in [5, 5.41) is 40.2.